The molecule has 186 valence electrons. The molecule has 1 aromatic heterocycles. The standard InChI is InChI=1S/C20H23F3N2O2.C6H10O/c1-3-6-14(4-2)18-15(10-12-26)9-11-24-19(18)25-16-7-5-8-17(13-16)27-20(21,22)23;1-3-5-6(7)4-2/h5-9,11,13,26H,3-4,10,12H2,1-2H3,(H,24,25);4H,2-3,5H2,1H3/b14-6+;. The zero-order valence-corrected chi connectivity index (χ0v) is 19.9. The van der Waals surface area contributed by atoms with Crippen molar-refractivity contribution in [1.82, 2.24) is 4.98 Å². The minimum absolute atomic E-state index is 0.00548. The molecule has 1 aromatic carbocycles. The van der Waals surface area contributed by atoms with Gasteiger partial charge >= 0.3 is 6.36 Å². The molecule has 0 aliphatic heterocycles. The Kier molecular flexibility index (Phi) is 12.7. The summed E-state index contributed by atoms with van der Waals surface area (Å²) in [5.74, 6) is 0.370. The number of carbonyl (C=O) groups is 1. The summed E-state index contributed by atoms with van der Waals surface area (Å²) in [7, 11) is 0. The second-order valence-electron chi connectivity index (χ2n) is 7.28. The number of nitrogens with one attached hydrogen (secondary N) is 1. The summed E-state index contributed by atoms with van der Waals surface area (Å²) >= 11 is 0. The summed E-state index contributed by atoms with van der Waals surface area (Å²) in [5, 5.41) is 12.5. The number of hydrogen-bond donors (Lipinski definition) is 2. The van der Waals surface area contributed by atoms with Crippen LogP contribution in [-0.4, -0.2) is 28.8 Å². The van der Waals surface area contributed by atoms with E-state index in [1.54, 1.807) is 12.3 Å². The number of rotatable bonds is 11. The van der Waals surface area contributed by atoms with Crippen LogP contribution in [0.3, 0.4) is 0 Å². The van der Waals surface area contributed by atoms with Gasteiger partial charge < -0.3 is 15.2 Å². The highest BCUT2D eigenvalue weighted by Gasteiger charge is 2.31. The quantitative estimate of drug-likeness (QED) is 0.340. The Morgan fingerprint density at radius 2 is 1.97 bits per heavy atom. The zero-order valence-electron chi connectivity index (χ0n) is 19.9. The molecule has 0 saturated heterocycles. The van der Waals surface area contributed by atoms with Crippen molar-refractivity contribution in [1.29, 1.82) is 0 Å². The number of nitrogens with zero attached hydrogens (tertiary/aromatic N) is 1. The van der Waals surface area contributed by atoms with Crippen molar-refractivity contribution in [3.8, 4) is 5.75 Å². The Bertz CT molecular complexity index is 957. The molecule has 2 rings (SSSR count). The van der Waals surface area contributed by atoms with Crippen LogP contribution in [0.5, 0.6) is 5.75 Å². The summed E-state index contributed by atoms with van der Waals surface area (Å²) in [6, 6.07) is 7.47. The second-order valence-corrected chi connectivity index (χ2v) is 7.28. The van der Waals surface area contributed by atoms with Crippen LogP contribution in [0.1, 0.15) is 57.6 Å². The molecule has 0 saturated carbocycles. The Balaban J connectivity index is 0.000000718. The van der Waals surface area contributed by atoms with Gasteiger partial charge in [-0.1, -0.05) is 39.5 Å². The van der Waals surface area contributed by atoms with Crippen LogP contribution >= 0.6 is 0 Å². The third-order valence-corrected chi connectivity index (χ3v) is 4.63. The van der Waals surface area contributed by atoms with E-state index in [4.69, 9.17) is 0 Å². The minimum Gasteiger partial charge on any atom is -0.406 e. The molecule has 34 heavy (non-hydrogen) atoms. The Labute approximate surface area is 199 Å². The van der Waals surface area contributed by atoms with Crippen molar-refractivity contribution >= 4 is 22.9 Å². The van der Waals surface area contributed by atoms with Crippen molar-refractivity contribution in [2.24, 2.45) is 0 Å². The first-order valence-corrected chi connectivity index (χ1v) is 11.2. The van der Waals surface area contributed by atoms with E-state index >= 15 is 0 Å². The van der Waals surface area contributed by atoms with E-state index in [0.717, 1.165) is 36.0 Å². The van der Waals surface area contributed by atoms with Crippen molar-refractivity contribution in [3.63, 3.8) is 0 Å². The van der Waals surface area contributed by atoms with Gasteiger partial charge in [0, 0.05) is 36.5 Å². The number of alkyl halides is 3. The van der Waals surface area contributed by atoms with Gasteiger partial charge in [-0.05, 0) is 61.1 Å². The number of hydrogen-bond acceptors (Lipinski definition) is 5. The average molecular weight is 479 g/mol. The van der Waals surface area contributed by atoms with Gasteiger partial charge in [-0.3, -0.25) is 4.79 Å². The van der Waals surface area contributed by atoms with Gasteiger partial charge in [0.2, 0.25) is 0 Å². The van der Waals surface area contributed by atoms with E-state index < -0.39 is 6.36 Å². The lowest BCUT2D eigenvalue weighted by atomic mass is 9.96. The second kappa shape index (κ2) is 14.9. The molecule has 0 aliphatic carbocycles. The highest BCUT2D eigenvalue weighted by molar-refractivity contribution is 5.88. The fraction of sp³-hybridized carbons (Fsp3) is 0.385. The van der Waals surface area contributed by atoms with Gasteiger partial charge in [-0.15, -0.1) is 13.2 Å². The number of ketones is 1. The number of carbonyl (C=O) groups excluding carboxylic acids is 1. The molecule has 0 atom stereocenters. The van der Waals surface area contributed by atoms with E-state index in [9.17, 15) is 23.1 Å². The predicted molar refractivity (Wildman–Crippen MR) is 130 cm³/mol. The topological polar surface area (TPSA) is 71.5 Å². The molecule has 0 bridgehead atoms. The Hall–Kier alpha value is -3.13. The van der Waals surface area contributed by atoms with Crippen LogP contribution in [-0.2, 0) is 11.2 Å². The Morgan fingerprint density at radius 1 is 1.24 bits per heavy atom. The third-order valence-electron chi connectivity index (χ3n) is 4.63. The lowest BCUT2D eigenvalue weighted by Gasteiger charge is -2.18. The molecule has 0 amide bonds. The predicted octanol–water partition coefficient (Wildman–Crippen LogP) is 7.00. The lowest BCUT2D eigenvalue weighted by Crippen LogP contribution is -2.17. The van der Waals surface area contributed by atoms with Gasteiger partial charge in [-0.2, -0.15) is 0 Å². The molecule has 0 fully saturated rings. The summed E-state index contributed by atoms with van der Waals surface area (Å²) in [4.78, 5) is 14.7. The maximum absolute atomic E-state index is 12.5. The normalized spacial score (nSPS) is 11.3. The minimum atomic E-state index is -4.75. The van der Waals surface area contributed by atoms with Crippen molar-refractivity contribution in [2.45, 2.75) is 59.2 Å². The van der Waals surface area contributed by atoms with Crippen LogP contribution in [0.4, 0.5) is 24.7 Å². The highest BCUT2D eigenvalue weighted by atomic mass is 19.4. The summed E-state index contributed by atoms with van der Waals surface area (Å²) in [6.45, 7) is 9.35. The van der Waals surface area contributed by atoms with Crippen molar-refractivity contribution in [2.75, 3.05) is 11.9 Å². The average Bonchev–Trinajstić information content (AvgIpc) is 2.78. The molecular weight excluding hydrogens is 445 g/mol. The largest absolute Gasteiger partial charge is 0.573 e. The number of aliphatic hydroxyl groups is 1. The molecule has 5 nitrogen and oxygen atoms in total. The fourth-order valence-electron chi connectivity index (χ4n) is 3.21. The van der Waals surface area contributed by atoms with E-state index in [0.29, 0.717) is 24.3 Å². The van der Waals surface area contributed by atoms with Crippen LogP contribution in [0.25, 0.3) is 5.57 Å². The van der Waals surface area contributed by atoms with Crippen LogP contribution < -0.4 is 10.1 Å². The number of benzene rings is 1. The molecule has 0 aliphatic rings. The molecule has 2 aromatic rings. The Morgan fingerprint density at radius 3 is 2.50 bits per heavy atom. The van der Waals surface area contributed by atoms with Gasteiger partial charge in [0.25, 0.3) is 0 Å². The molecule has 0 radical (unpaired) electrons. The first kappa shape index (κ1) is 28.9. The fourth-order valence-corrected chi connectivity index (χ4v) is 3.21. The van der Waals surface area contributed by atoms with Crippen LogP contribution in [0.15, 0.2) is 55.3 Å². The van der Waals surface area contributed by atoms with Gasteiger partial charge in [-0.25, -0.2) is 4.98 Å². The maximum atomic E-state index is 12.5. The van der Waals surface area contributed by atoms with Crippen molar-refractivity contribution < 1.29 is 27.8 Å². The van der Waals surface area contributed by atoms with Crippen LogP contribution in [0, 0.1) is 0 Å². The zero-order chi connectivity index (χ0) is 25.6. The van der Waals surface area contributed by atoms with Gasteiger partial charge in [0.05, 0.1) is 0 Å². The number of pyridine rings is 1. The van der Waals surface area contributed by atoms with Crippen molar-refractivity contribution in [3.05, 3.63) is 66.4 Å². The molecule has 1 heterocycles. The number of halogens is 3. The van der Waals surface area contributed by atoms with Gasteiger partial charge in [0.1, 0.15) is 11.6 Å². The van der Waals surface area contributed by atoms with E-state index in [1.807, 2.05) is 26.8 Å². The highest BCUT2D eigenvalue weighted by Crippen LogP contribution is 2.32. The number of ether oxygens (including phenoxy) is 1. The van der Waals surface area contributed by atoms with E-state index in [2.05, 4.69) is 27.7 Å². The molecule has 2 N–H and O–H groups in total. The number of anilines is 2. The maximum Gasteiger partial charge on any atom is 0.573 e. The van der Waals surface area contributed by atoms with Gasteiger partial charge in [0.15, 0.2) is 5.78 Å². The van der Waals surface area contributed by atoms with E-state index in [-0.39, 0.29) is 18.1 Å². The monoisotopic (exact) mass is 478 g/mol. The number of aliphatic hydroxyl groups excluding tert-OH is 1. The smallest absolute Gasteiger partial charge is 0.406 e. The summed E-state index contributed by atoms with van der Waals surface area (Å²) in [5.41, 5.74) is 3.30. The molecular formula is C26H33F3N2O3. The molecule has 8 heteroatoms. The number of allylic oxidation sites excluding steroid dienone is 3. The van der Waals surface area contributed by atoms with E-state index in [1.165, 1.54) is 24.3 Å². The third kappa shape index (κ3) is 10.2. The first-order valence-electron chi connectivity index (χ1n) is 11.2. The molecule has 0 unspecified atom stereocenters. The lowest BCUT2D eigenvalue weighted by molar-refractivity contribution is -0.274. The molecule has 0 spiro atoms. The SMILES string of the molecule is C=CC(=O)CCC.CC/C=C(\CC)c1c(CCO)ccnc1Nc1cccc(OC(F)(F)F)c1. The van der Waals surface area contributed by atoms with Crippen LogP contribution in [0.2, 0.25) is 0 Å². The summed E-state index contributed by atoms with van der Waals surface area (Å²) in [6.07, 6.45) is 3.96. The number of aromatic nitrogens is 1. The summed E-state index contributed by atoms with van der Waals surface area (Å²) < 4.78 is 41.3. The first-order chi connectivity index (χ1) is 16.2.